The van der Waals surface area contributed by atoms with Crippen molar-refractivity contribution in [2.45, 2.75) is 19.9 Å². The average molecular weight is 356 g/mol. The molecule has 2 rings (SSSR count). The van der Waals surface area contributed by atoms with E-state index in [1.807, 2.05) is 17.7 Å². The minimum absolute atomic E-state index is 0.255. The summed E-state index contributed by atoms with van der Waals surface area (Å²) in [5, 5.41) is 4.93. The second-order valence-electron chi connectivity index (χ2n) is 4.22. The Morgan fingerprint density at radius 2 is 2.25 bits per heavy atom. The van der Waals surface area contributed by atoms with Crippen LogP contribution in [0.15, 0.2) is 28.2 Å². The third-order valence-corrected chi connectivity index (χ3v) is 3.98. The molecule has 0 spiro atoms. The first-order valence-electron chi connectivity index (χ1n) is 6.07. The Morgan fingerprint density at radius 1 is 1.50 bits per heavy atom. The van der Waals surface area contributed by atoms with Crippen LogP contribution in [0.2, 0.25) is 0 Å². The largest absolute Gasteiger partial charge is 0.366 e. The number of rotatable bonds is 5. The first kappa shape index (κ1) is 14.8. The van der Waals surface area contributed by atoms with Crippen LogP contribution in [0.25, 0.3) is 0 Å². The van der Waals surface area contributed by atoms with Crippen LogP contribution in [0, 0.1) is 0 Å². The third kappa shape index (κ3) is 3.10. The Balaban J connectivity index is 2.24. The van der Waals surface area contributed by atoms with Crippen molar-refractivity contribution >= 4 is 44.1 Å². The lowest BCUT2D eigenvalue weighted by Gasteiger charge is -2.08. The van der Waals surface area contributed by atoms with E-state index < -0.39 is 5.91 Å². The van der Waals surface area contributed by atoms with Gasteiger partial charge in [0.25, 0.3) is 11.8 Å². The number of carbonyl (C=O) groups is 2. The van der Waals surface area contributed by atoms with Crippen LogP contribution in [0.4, 0.5) is 5.00 Å². The summed E-state index contributed by atoms with van der Waals surface area (Å²) in [4.78, 5) is 23.5. The SMILES string of the molecule is CCCn1cc(Br)cc1C(=O)Nc1sccc1C(N)=O. The zero-order chi connectivity index (χ0) is 14.7. The Hall–Kier alpha value is -1.60. The molecular formula is C13H14BrN3O2S. The summed E-state index contributed by atoms with van der Waals surface area (Å²) in [6.07, 6.45) is 2.79. The molecule has 20 heavy (non-hydrogen) atoms. The van der Waals surface area contributed by atoms with Gasteiger partial charge in [-0.3, -0.25) is 9.59 Å². The van der Waals surface area contributed by atoms with Crippen molar-refractivity contribution in [2.24, 2.45) is 5.73 Å². The van der Waals surface area contributed by atoms with Crippen molar-refractivity contribution < 1.29 is 9.59 Å². The standard InChI is InChI=1S/C13H14BrN3O2S/c1-2-4-17-7-8(14)6-10(17)12(19)16-13-9(11(15)18)3-5-20-13/h3,5-7H,2,4H2,1H3,(H2,15,18)(H,16,19). The summed E-state index contributed by atoms with van der Waals surface area (Å²) in [5.41, 5.74) is 6.13. The number of anilines is 1. The molecule has 0 aromatic carbocycles. The molecule has 0 bridgehead atoms. The first-order valence-corrected chi connectivity index (χ1v) is 7.74. The summed E-state index contributed by atoms with van der Waals surface area (Å²) < 4.78 is 2.72. The monoisotopic (exact) mass is 355 g/mol. The van der Waals surface area contributed by atoms with Crippen LogP contribution in [-0.4, -0.2) is 16.4 Å². The van der Waals surface area contributed by atoms with Gasteiger partial charge in [-0.05, 0) is 39.9 Å². The number of carbonyl (C=O) groups excluding carboxylic acids is 2. The van der Waals surface area contributed by atoms with E-state index in [1.54, 1.807) is 17.5 Å². The van der Waals surface area contributed by atoms with E-state index in [9.17, 15) is 9.59 Å². The molecule has 2 aromatic heterocycles. The molecule has 0 atom stereocenters. The van der Waals surface area contributed by atoms with Gasteiger partial charge in [-0.1, -0.05) is 6.92 Å². The number of hydrogen-bond acceptors (Lipinski definition) is 3. The molecule has 2 aromatic rings. The minimum Gasteiger partial charge on any atom is -0.366 e. The van der Waals surface area contributed by atoms with Gasteiger partial charge in [-0.15, -0.1) is 11.3 Å². The lowest BCUT2D eigenvalue weighted by Crippen LogP contribution is -2.19. The number of halogens is 1. The Kier molecular flexibility index (Phi) is 4.61. The van der Waals surface area contributed by atoms with Crippen LogP contribution in [-0.2, 0) is 6.54 Å². The molecule has 0 aliphatic heterocycles. The van der Waals surface area contributed by atoms with Crippen molar-refractivity contribution in [1.82, 2.24) is 4.57 Å². The molecule has 0 aliphatic rings. The number of aromatic nitrogens is 1. The Bertz CT molecular complexity index is 648. The van der Waals surface area contributed by atoms with Gasteiger partial charge in [0.1, 0.15) is 10.7 Å². The second-order valence-corrected chi connectivity index (χ2v) is 6.05. The highest BCUT2D eigenvalue weighted by Gasteiger charge is 2.17. The summed E-state index contributed by atoms with van der Waals surface area (Å²) >= 11 is 4.64. The van der Waals surface area contributed by atoms with Gasteiger partial charge < -0.3 is 15.6 Å². The molecule has 2 heterocycles. The van der Waals surface area contributed by atoms with Gasteiger partial charge in [0.05, 0.1) is 5.56 Å². The van der Waals surface area contributed by atoms with Crippen molar-refractivity contribution in [3.63, 3.8) is 0 Å². The molecule has 5 nitrogen and oxygen atoms in total. The van der Waals surface area contributed by atoms with Gasteiger partial charge in [0.2, 0.25) is 0 Å². The number of nitrogens with two attached hydrogens (primary N) is 1. The predicted octanol–water partition coefficient (Wildman–Crippen LogP) is 3.07. The molecule has 0 saturated heterocycles. The maximum Gasteiger partial charge on any atom is 0.272 e. The van der Waals surface area contributed by atoms with Crippen LogP contribution < -0.4 is 11.1 Å². The highest BCUT2D eigenvalue weighted by Crippen LogP contribution is 2.24. The smallest absolute Gasteiger partial charge is 0.272 e. The zero-order valence-corrected chi connectivity index (χ0v) is 13.3. The van der Waals surface area contributed by atoms with E-state index in [4.69, 9.17) is 5.73 Å². The quantitative estimate of drug-likeness (QED) is 0.864. The zero-order valence-electron chi connectivity index (χ0n) is 10.9. The molecule has 0 aliphatic carbocycles. The van der Waals surface area contributed by atoms with Gasteiger partial charge in [0.15, 0.2) is 0 Å². The van der Waals surface area contributed by atoms with Gasteiger partial charge >= 0.3 is 0 Å². The van der Waals surface area contributed by atoms with Crippen LogP contribution in [0.5, 0.6) is 0 Å². The van der Waals surface area contributed by atoms with Gasteiger partial charge in [-0.25, -0.2) is 0 Å². The molecule has 106 valence electrons. The second kappa shape index (κ2) is 6.23. The average Bonchev–Trinajstić information content (AvgIpc) is 2.96. The topological polar surface area (TPSA) is 77.1 Å². The molecule has 0 saturated carbocycles. The molecule has 0 unspecified atom stereocenters. The highest BCUT2D eigenvalue weighted by atomic mass is 79.9. The van der Waals surface area contributed by atoms with E-state index in [1.165, 1.54) is 11.3 Å². The fourth-order valence-electron chi connectivity index (χ4n) is 1.86. The molecular weight excluding hydrogens is 342 g/mol. The van der Waals surface area contributed by atoms with E-state index in [2.05, 4.69) is 21.2 Å². The van der Waals surface area contributed by atoms with E-state index in [0.29, 0.717) is 16.3 Å². The number of thiophene rings is 1. The maximum atomic E-state index is 12.3. The lowest BCUT2D eigenvalue weighted by atomic mass is 10.3. The Morgan fingerprint density at radius 3 is 2.90 bits per heavy atom. The van der Waals surface area contributed by atoms with E-state index in [0.717, 1.165) is 17.4 Å². The van der Waals surface area contributed by atoms with Gasteiger partial charge in [0, 0.05) is 17.2 Å². The molecule has 2 amide bonds. The number of amides is 2. The lowest BCUT2D eigenvalue weighted by molar-refractivity contribution is 0.100. The normalized spacial score (nSPS) is 10.5. The van der Waals surface area contributed by atoms with Crippen molar-refractivity contribution in [2.75, 3.05) is 5.32 Å². The van der Waals surface area contributed by atoms with Crippen LogP contribution in [0.1, 0.15) is 34.2 Å². The highest BCUT2D eigenvalue weighted by molar-refractivity contribution is 9.10. The fourth-order valence-corrected chi connectivity index (χ4v) is 3.11. The number of nitrogens with zero attached hydrogens (tertiary/aromatic N) is 1. The summed E-state index contributed by atoms with van der Waals surface area (Å²) in [5.74, 6) is -0.805. The number of aryl methyl sites for hydroxylation is 1. The number of hydrogen-bond donors (Lipinski definition) is 2. The third-order valence-electron chi connectivity index (χ3n) is 2.72. The minimum atomic E-state index is -0.549. The summed E-state index contributed by atoms with van der Waals surface area (Å²) in [7, 11) is 0. The van der Waals surface area contributed by atoms with Crippen LogP contribution in [0.3, 0.4) is 0 Å². The van der Waals surface area contributed by atoms with Crippen LogP contribution >= 0.6 is 27.3 Å². The van der Waals surface area contributed by atoms with Crippen molar-refractivity contribution in [1.29, 1.82) is 0 Å². The summed E-state index contributed by atoms with van der Waals surface area (Å²) in [6.45, 7) is 2.79. The van der Waals surface area contributed by atoms with Gasteiger partial charge in [-0.2, -0.15) is 0 Å². The summed E-state index contributed by atoms with van der Waals surface area (Å²) in [6, 6.07) is 3.35. The molecule has 7 heteroatoms. The first-order chi connectivity index (χ1) is 9.52. The van der Waals surface area contributed by atoms with E-state index >= 15 is 0 Å². The van der Waals surface area contributed by atoms with Crippen molar-refractivity contribution in [3.05, 3.63) is 39.4 Å². The van der Waals surface area contributed by atoms with E-state index in [-0.39, 0.29) is 5.91 Å². The predicted molar refractivity (Wildman–Crippen MR) is 83.2 cm³/mol. The maximum absolute atomic E-state index is 12.3. The van der Waals surface area contributed by atoms with Crippen molar-refractivity contribution in [3.8, 4) is 0 Å². The Labute approximate surface area is 128 Å². The number of nitrogens with one attached hydrogen (secondary N) is 1. The molecule has 0 fully saturated rings. The molecule has 3 N–H and O–H groups in total. The molecule has 0 radical (unpaired) electrons. The fraction of sp³-hybridized carbons (Fsp3) is 0.231. The number of primary amides is 1.